The minimum atomic E-state index is -0.608. The van der Waals surface area contributed by atoms with Crippen LogP contribution >= 0.6 is 24.0 Å². The molecular formula is C11H13Cl2F2N. The van der Waals surface area contributed by atoms with Gasteiger partial charge in [-0.05, 0) is 30.9 Å². The molecule has 16 heavy (non-hydrogen) atoms. The topological polar surface area (TPSA) is 26.0 Å². The maximum atomic E-state index is 13.5. The lowest BCUT2D eigenvalue weighted by Crippen LogP contribution is -2.28. The molecule has 5 heteroatoms. The lowest BCUT2D eigenvalue weighted by Gasteiger charge is -2.32. The third-order valence-corrected chi connectivity index (χ3v) is 3.45. The summed E-state index contributed by atoms with van der Waals surface area (Å²) in [5, 5.41) is -0.172. The number of hydrogen-bond acceptors (Lipinski definition) is 1. The molecule has 0 saturated heterocycles. The third kappa shape index (κ3) is 2.31. The molecule has 2 rings (SSSR count). The Hall–Kier alpha value is -0.380. The van der Waals surface area contributed by atoms with Crippen LogP contribution in [0, 0.1) is 17.6 Å². The number of nitrogens with two attached hydrogens (primary N) is 1. The lowest BCUT2D eigenvalue weighted by atomic mass is 9.77. The van der Waals surface area contributed by atoms with E-state index in [1.165, 1.54) is 0 Å². The second-order valence-electron chi connectivity index (χ2n) is 3.97. The van der Waals surface area contributed by atoms with E-state index in [0.717, 1.165) is 31.4 Å². The molecule has 1 atom stereocenters. The van der Waals surface area contributed by atoms with E-state index in [1.54, 1.807) is 0 Å². The first kappa shape index (κ1) is 13.7. The summed E-state index contributed by atoms with van der Waals surface area (Å²) >= 11 is 5.72. The molecule has 0 aliphatic heterocycles. The predicted molar refractivity (Wildman–Crippen MR) is 62.9 cm³/mol. The highest BCUT2D eigenvalue weighted by Gasteiger charge is 2.29. The van der Waals surface area contributed by atoms with Gasteiger partial charge in [0, 0.05) is 11.6 Å². The molecule has 0 amide bonds. The van der Waals surface area contributed by atoms with Crippen LogP contribution < -0.4 is 5.73 Å². The molecule has 0 radical (unpaired) electrons. The van der Waals surface area contributed by atoms with Gasteiger partial charge in [0.15, 0.2) is 0 Å². The van der Waals surface area contributed by atoms with Gasteiger partial charge in [0.25, 0.3) is 0 Å². The normalized spacial score (nSPS) is 17.5. The van der Waals surface area contributed by atoms with Crippen LogP contribution in [0.25, 0.3) is 0 Å². The molecule has 0 spiro atoms. The highest BCUT2D eigenvalue weighted by atomic mass is 35.5. The number of halogens is 4. The Morgan fingerprint density at radius 2 is 1.81 bits per heavy atom. The molecule has 1 saturated carbocycles. The first-order valence-corrected chi connectivity index (χ1v) is 5.38. The van der Waals surface area contributed by atoms with Crippen molar-refractivity contribution in [2.45, 2.75) is 25.3 Å². The summed E-state index contributed by atoms with van der Waals surface area (Å²) in [6.45, 7) is 0. The average molecular weight is 268 g/mol. The van der Waals surface area contributed by atoms with Crippen molar-refractivity contribution in [2.75, 3.05) is 0 Å². The Morgan fingerprint density at radius 1 is 1.25 bits per heavy atom. The average Bonchev–Trinajstić information content (AvgIpc) is 2.09. The van der Waals surface area contributed by atoms with Crippen molar-refractivity contribution >= 4 is 24.0 Å². The molecular weight excluding hydrogens is 255 g/mol. The van der Waals surface area contributed by atoms with E-state index in [4.69, 9.17) is 17.3 Å². The van der Waals surface area contributed by atoms with Gasteiger partial charge in [-0.15, -0.1) is 12.4 Å². The SMILES string of the molecule is Cl.N[C@@H](c1c(F)ccc(F)c1Cl)C1CCC1. The summed E-state index contributed by atoms with van der Waals surface area (Å²) in [4.78, 5) is 0. The Bertz CT molecular complexity index is 380. The van der Waals surface area contributed by atoms with E-state index < -0.39 is 17.7 Å². The fourth-order valence-corrected chi connectivity index (χ4v) is 2.16. The third-order valence-electron chi connectivity index (χ3n) is 3.07. The van der Waals surface area contributed by atoms with Gasteiger partial charge in [-0.1, -0.05) is 18.0 Å². The van der Waals surface area contributed by atoms with E-state index in [-0.39, 0.29) is 28.9 Å². The molecule has 1 aliphatic carbocycles. The first-order chi connectivity index (χ1) is 7.11. The monoisotopic (exact) mass is 267 g/mol. The van der Waals surface area contributed by atoms with E-state index >= 15 is 0 Å². The molecule has 0 bridgehead atoms. The maximum Gasteiger partial charge on any atom is 0.142 e. The second kappa shape index (κ2) is 5.30. The quantitative estimate of drug-likeness (QED) is 0.810. The summed E-state index contributed by atoms with van der Waals surface area (Å²) in [5.41, 5.74) is 6.01. The van der Waals surface area contributed by atoms with Gasteiger partial charge in [0.1, 0.15) is 11.6 Å². The van der Waals surface area contributed by atoms with Crippen molar-refractivity contribution in [3.8, 4) is 0 Å². The van der Waals surface area contributed by atoms with E-state index in [2.05, 4.69) is 0 Å². The zero-order valence-corrected chi connectivity index (χ0v) is 10.1. The molecule has 90 valence electrons. The minimum absolute atomic E-state index is 0. The number of rotatable bonds is 2. The molecule has 2 N–H and O–H groups in total. The standard InChI is InChI=1S/C11H12ClF2N.ClH/c12-10-8(14)5-4-7(13)9(10)11(15)6-2-1-3-6;/h4-6,11H,1-3,15H2;1H/t11-;/m1./s1. The van der Waals surface area contributed by atoms with E-state index in [0.29, 0.717) is 0 Å². The number of benzene rings is 1. The van der Waals surface area contributed by atoms with Crippen molar-refractivity contribution in [2.24, 2.45) is 11.7 Å². The van der Waals surface area contributed by atoms with Crippen LogP contribution in [0.4, 0.5) is 8.78 Å². The van der Waals surface area contributed by atoms with Crippen molar-refractivity contribution in [3.05, 3.63) is 34.4 Å². The molecule has 1 aliphatic rings. The molecule has 1 fully saturated rings. The summed E-state index contributed by atoms with van der Waals surface area (Å²) in [6.07, 6.45) is 3.04. The largest absolute Gasteiger partial charge is 0.324 e. The Balaban J connectivity index is 0.00000128. The summed E-state index contributed by atoms with van der Waals surface area (Å²) in [5.74, 6) is -0.887. The van der Waals surface area contributed by atoms with Crippen molar-refractivity contribution < 1.29 is 8.78 Å². The molecule has 1 aromatic rings. The smallest absolute Gasteiger partial charge is 0.142 e. The molecule has 1 nitrogen and oxygen atoms in total. The van der Waals surface area contributed by atoms with Crippen LogP contribution in [0.3, 0.4) is 0 Å². The van der Waals surface area contributed by atoms with Crippen LogP contribution in [0.15, 0.2) is 12.1 Å². The summed E-state index contributed by atoms with van der Waals surface area (Å²) < 4.78 is 26.6. The van der Waals surface area contributed by atoms with Gasteiger partial charge in [-0.3, -0.25) is 0 Å². The first-order valence-electron chi connectivity index (χ1n) is 5.00. The minimum Gasteiger partial charge on any atom is -0.324 e. The second-order valence-corrected chi connectivity index (χ2v) is 4.35. The highest BCUT2D eigenvalue weighted by molar-refractivity contribution is 6.31. The van der Waals surface area contributed by atoms with Gasteiger partial charge in [0.2, 0.25) is 0 Å². The van der Waals surface area contributed by atoms with Gasteiger partial charge < -0.3 is 5.73 Å². The van der Waals surface area contributed by atoms with Gasteiger partial charge in [-0.25, -0.2) is 8.78 Å². The highest BCUT2D eigenvalue weighted by Crippen LogP contribution is 2.39. The maximum absolute atomic E-state index is 13.5. The molecule has 0 heterocycles. The van der Waals surface area contributed by atoms with Crippen LogP contribution in [0.5, 0.6) is 0 Å². The zero-order valence-electron chi connectivity index (χ0n) is 8.55. The number of hydrogen-bond donors (Lipinski definition) is 1. The fraction of sp³-hybridized carbons (Fsp3) is 0.455. The predicted octanol–water partition coefficient (Wildman–Crippen LogP) is 3.84. The zero-order chi connectivity index (χ0) is 11.0. The Morgan fingerprint density at radius 3 is 2.31 bits per heavy atom. The van der Waals surface area contributed by atoms with E-state index in [1.807, 2.05) is 0 Å². The van der Waals surface area contributed by atoms with Crippen LogP contribution in [-0.4, -0.2) is 0 Å². The van der Waals surface area contributed by atoms with Gasteiger partial charge in [0.05, 0.1) is 5.02 Å². The van der Waals surface area contributed by atoms with Crippen molar-refractivity contribution in [1.82, 2.24) is 0 Å². The van der Waals surface area contributed by atoms with Crippen LogP contribution in [0.1, 0.15) is 30.9 Å². The molecule has 0 unspecified atom stereocenters. The van der Waals surface area contributed by atoms with Crippen LogP contribution in [0.2, 0.25) is 5.02 Å². The Labute approximate surface area is 104 Å². The molecule has 0 aromatic heterocycles. The summed E-state index contributed by atoms with van der Waals surface area (Å²) in [7, 11) is 0. The van der Waals surface area contributed by atoms with Crippen LogP contribution in [-0.2, 0) is 0 Å². The van der Waals surface area contributed by atoms with Gasteiger partial charge >= 0.3 is 0 Å². The lowest BCUT2D eigenvalue weighted by molar-refractivity contribution is 0.260. The molecule has 1 aromatic carbocycles. The van der Waals surface area contributed by atoms with Crippen molar-refractivity contribution in [1.29, 1.82) is 0 Å². The van der Waals surface area contributed by atoms with Crippen molar-refractivity contribution in [3.63, 3.8) is 0 Å². The van der Waals surface area contributed by atoms with E-state index in [9.17, 15) is 8.78 Å². The van der Waals surface area contributed by atoms with Gasteiger partial charge in [-0.2, -0.15) is 0 Å². The Kier molecular flexibility index (Phi) is 4.53. The fourth-order valence-electron chi connectivity index (χ4n) is 1.88. The summed E-state index contributed by atoms with van der Waals surface area (Å²) in [6, 6.07) is 1.62.